The second kappa shape index (κ2) is 8.03. The summed E-state index contributed by atoms with van der Waals surface area (Å²) in [6.07, 6.45) is 0.761. The van der Waals surface area contributed by atoms with Gasteiger partial charge in [-0.2, -0.15) is 0 Å². The van der Waals surface area contributed by atoms with E-state index in [1.54, 1.807) is 0 Å². The Morgan fingerprint density at radius 3 is 1.86 bits per heavy atom. The van der Waals surface area contributed by atoms with Gasteiger partial charge in [0, 0.05) is 6.00 Å². The van der Waals surface area contributed by atoms with Gasteiger partial charge in [-0.1, -0.05) is 60.7 Å². The maximum Gasteiger partial charge on any atom is 0.361 e. The molecule has 5 heteroatoms. The van der Waals surface area contributed by atoms with E-state index in [9.17, 15) is 0 Å². The molecule has 1 atom stereocenters. The molecule has 0 aliphatic carbocycles. The van der Waals surface area contributed by atoms with Crippen LogP contribution in [-0.4, -0.2) is 26.3 Å². The van der Waals surface area contributed by atoms with E-state index in [1.165, 1.54) is 0 Å². The van der Waals surface area contributed by atoms with E-state index in [0.29, 0.717) is 6.54 Å². The number of hydrogen-bond acceptors (Lipinski definition) is 3. The van der Waals surface area contributed by atoms with Gasteiger partial charge >= 0.3 is 6.92 Å². The van der Waals surface area contributed by atoms with E-state index in [-0.39, 0.29) is 19.8 Å². The quantitative estimate of drug-likeness (QED) is 0.732. The first-order valence-electron chi connectivity index (χ1n) is 7.43. The molecule has 0 spiro atoms. The highest BCUT2D eigenvalue weighted by atomic mass is 16.4. The Kier molecular flexibility index (Phi) is 6.05. The number of rotatable bonds is 7. The van der Waals surface area contributed by atoms with Crippen LogP contribution in [0.1, 0.15) is 6.92 Å². The minimum atomic E-state index is -0.105. The van der Waals surface area contributed by atoms with Gasteiger partial charge in [-0.3, -0.25) is 0 Å². The monoisotopic (exact) mass is 280 g/mol. The van der Waals surface area contributed by atoms with Crippen LogP contribution in [0.5, 0.6) is 0 Å². The smallest absolute Gasteiger partial charge is 0.361 e. The van der Waals surface area contributed by atoms with Gasteiger partial charge in [0.05, 0.1) is 0 Å². The minimum absolute atomic E-state index is 0.0510. The minimum Gasteiger partial charge on any atom is -0.430 e. The Morgan fingerprint density at radius 2 is 1.43 bits per heavy atom. The van der Waals surface area contributed by atoms with Crippen LogP contribution in [0.25, 0.3) is 0 Å². The summed E-state index contributed by atoms with van der Waals surface area (Å²) in [6.45, 7) is 2.44. The lowest BCUT2D eigenvalue weighted by Crippen LogP contribution is -2.52. The van der Waals surface area contributed by atoms with Gasteiger partial charge in [-0.25, -0.2) is 0 Å². The number of nitrogens with two attached hydrogens (primary N) is 2. The molecule has 1 unspecified atom stereocenters. The SMILES string of the molecule is CC(OB(c1ccccc1)c1ccccc1)B(N)CCN. The van der Waals surface area contributed by atoms with Crippen molar-refractivity contribution in [1.29, 1.82) is 0 Å². The molecule has 0 saturated carbocycles. The van der Waals surface area contributed by atoms with E-state index in [0.717, 1.165) is 17.2 Å². The highest BCUT2D eigenvalue weighted by Crippen LogP contribution is 2.02. The highest BCUT2D eigenvalue weighted by Gasteiger charge is 2.27. The largest absolute Gasteiger partial charge is 0.430 e. The fraction of sp³-hybridized carbons (Fsp3) is 0.250. The number of benzene rings is 2. The second-order valence-corrected chi connectivity index (χ2v) is 5.28. The zero-order valence-electron chi connectivity index (χ0n) is 12.5. The molecule has 0 bridgehead atoms. The van der Waals surface area contributed by atoms with E-state index < -0.39 is 0 Å². The van der Waals surface area contributed by atoms with Gasteiger partial charge < -0.3 is 16.0 Å². The second-order valence-electron chi connectivity index (χ2n) is 5.28. The molecule has 0 aliphatic heterocycles. The van der Waals surface area contributed by atoms with Crippen LogP contribution in [0.3, 0.4) is 0 Å². The third kappa shape index (κ3) is 4.46. The molecule has 0 fully saturated rings. The zero-order chi connectivity index (χ0) is 15.1. The third-order valence-electron chi connectivity index (χ3n) is 3.66. The lowest BCUT2D eigenvalue weighted by molar-refractivity contribution is 0.305. The lowest BCUT2D eigenvalue weighted by Gasteiger charge is -2.23. The molecule has 0 saturated heterocycles. The van der Waals surface area contributed by atoms with Crippen LogP contribution in [0.2, 0.25) is 6.32 Å². The lowest BCUT2D eigenvalue weighted by atomic mass is 9.51. The summed E-state index contributed by atoms with van der Waals surface area (Å²) < 4.78 is 6.26. The fourth-order valence-electron chi connectivity index (χ4n) is 2.35. The van der Waals surface area contributed by atoms with Gasteiger partial charge in [0.25, 0.3) is 0 Å². The van der Waals surface area contributed by atoms with Gasteiger partial charge in [0.1, 0.15) is 0 Å². The molecule has 0 heterocycles. The van der Waals surface area contributed by atoms with Crippen molar-refractivity contribution in [3.63, 3.8) is 0 Å². The average Bonchev–Trinajstić information content (AvgIpc) is 2.54. The molecule has 0 radical (unpaired) electrons. The molecule has 2 rings (SSSR count). The zero-order valence-corrected chi connectivity index (χ0v) is 12.5. The molecular weight excluding hydrogens is 258 g/mol. The van der Waals surface area contributed by atoms with Gasteiger partial charge in [0.2, 0.25) is 6.85 Å². The van der Waals surface area contributed by atoms with E-state index >= 15 is 0 Å². The van der Waals surface area contributed by atoms with Crippen LogP contribution in [0.15, 0.2) is 60.7 Å². The van der Waals surface area contributed by atoms with Crippen molar-refractivity contribution >= 4 is 24.7 Å². The first kappa shape index (κ1) is 15.8. The standard InChI is InChI=1S/C16H22B2N2O/c1-14(17(20)12-13-19)21-18(15-8-4-2-5-9-15)16-10-6-3-7-11-16/h2-11,14H,12-13,19-20H2,1H3. The molecule has 108 valence electrons. The summed E-state index contributed by atoms with van der Waals surface area (Å²) in [5.74, 6) is 0. The van der Waals surface area contributed by atoms with Crippen molar-refractivity contribution in [2.45, 2.75) is 19.2 Å². The Labute approximate surface area is 127 Å². The normalized spacial score (nSPS) is 12.0. The molecular formula is C16H22B2N2O. The van der Waals surface area contributed by atoms with Gasteiger partial charge in [-0.15, -0.1) is 0 Å². The average molecular weight is 280 g/mol. The Hall–Kier alpha value is -1.55. The predicted molar refractivity (Wildman–Crippen MR) is 92.3 cm³/mol. The van der Waals surface area contributed by atoms with Crippen molar-refractivity contribution < 1.29 is 4.65 Å². The van der Waals surface area contributed by atoms with Crippen molar-refractivity contribution in [3.05, 3.63) is 60.7 Å². The predicted octanol–water partition coefficient (Wildman–Crippen LogP) is 0.646. The van der Waals surface area contributed by atoms with Crippen molar-refractivity contribution in [3.8, 4) is 0 Å². The van der Waals surface area contributed by atoms with E-state index in [4.69, 9.17) is 16.0 Å². The highest BCUT2D eigenvalue weighted by molar-refractivity contribution is 6.80. The molecule has 21 heavy (non-hydrogen) atoms. The summed E-state index contributed by atoms with van der Waals surface area (Å²) in [5.41, 5.74) is 14.0. The Balaban J connectivity index is 2.21. The summed E-state index contributed by atoms with van der Waals surface area (Å²) in [7, 11) is 0. The molecule has 2 aromatic rings. The van der Waals surface area contributed by atoms with E-state index in [1.807, 2.05) is 43.3 Å². The Bertz CT molecular complexity index is 485. The summed E-state index contributed by atoms with van der Waals surface area (Å²) in [5, 5.41) is 0. The molecule has 0 amide bonds. The van der Waals surface area contributed by atoms with Gasteiger partial charge in [0.15, 0.2) is 0 Å². The molecule has 0 aromatic heterocycles. The molecule has 4 N–H and O–H groups in total. The molecule has 3 nitrogen and oxygen atoms in total. The van der Waals surface area contributed by atoms with Crippen LogP contribution < -0.4 is 22.3 Å². The van der Waals surface area contributed by atoms with Gasteiger partial charge in [-0.05, 0) is 30.7 Å². The first-order valence-corrected chi connectivity index (χ1v) is 7.43. The maximum absolute atomic E-state index is 6.26. The van der Waals surface area contributed by atoms with Crippen LogP contribution in [-0.2, 0) is 4.65 Å². The Morgan fingerprint density at radius 1 is 0.952 bits per heavy atom. The van der Waals surface area contributed by atoms with Crippen molar-refractivity contribution in [2.75, 3.05) is 6.54 Å². The van der Waals surface area contributed by atoms with Crippen LogP contribution in [0.4, 0.5) is 0 Å². The van der Waals surface area contributed by atoms with E-state index in [2.05, 4.69) is 24.3 Å². The maximum atomic E-state index is 6.26. The van der Waals surface area contributed by atoms with Crippen molar-refractivity contribution in [1.82, 2.24) is 0 Å². The summed E-state index contributed by atoms with van der Waals surface area (Å²) in [6, 6.07) is 20.4. The topological polar surface area (TPSA) is 61.3 Å². The summed E-state index contributed by atoms with van der Waals surface area (Å²) >= 11 is 0. The summed E-state index contributed by atoms with van der Waals surface area (Å²) in [4.78, 5) is 0. The third-order valence-corrected chi connectivity index (χ3v) is 3.66. The fourth-order valence-corrected chi connectivity index (χ4v) is 2.35. The molecule has 0 aliphatic rings. The van der Waals surface area contributed by atoms with Crippen LogP contribution >= 0.6 is 0 Å². The first-order chi connectivity index (χ1) is 10.2. The van der Waals surface area contributed by atoms with Crippen molar-refractivity contribution in [2.24, 2.45) is 11.4 Å². The van der Waals surface area contributed by atoms with Crippen LogP contribution in [0, 0.1) is 0 Å². The number of hydrogen-bond donors (Lipinski definition) is 2. The molecule has 2 aromatic carbocycles.